The van der Waals surface area contributed by atoms with Crippen molar-refractivity contribution in [2.24, 2.45) is 0 Å². The lowest BCUT2D eigenvalue weighted by atomic mass is 9.87. The predicted molar refractivity (Wildman–Crippen MR) is 126 cm³/mol. The number of nitrogens with zero attached hydrogens (tertiary/aromatic N) is 1. The van der Waals surface area contributed by atoms with Gasteiger partial charge in [-0.2, -0.15) is 0 Å². The summed E-state index contributed by atoms with van der Waals surface area (Å²) in [7, 11) is 1.64. The Labute approximate surface area is 187 Å². The molecule has 0 saturated carbocycles. The number of aromatic nitrogens is 1. The Morgan fingerprint density at radius 3 is 2.26 bits per heavy atom. The average Bonchev–Trinajstić information content (AvgIpc) is 3.15. The lowest BCUT2D eigenvalue weighted by Gasteiger charge is -2.23. The summed E-state index contributed by atoms with van der Waals surface area (Å²) in [5.41, 5.74) is 5.37. The highest BCUT2D eigenvalue weighted by Crippen LogP contribution is 2.22. The van der Waals surface area contributed by atoms with Gasteiger partial charge in [-0.25, -0.2) is 0 Å². The van der Waals surface area contributed by atoms with Crippen molar-refractivity contribution in [3.8, 4) is 0 Å². The molecule has 2 atom stereocenters. The molecule has 0 aliphatic carbocycles. The monoisotopic (exact) mass is 421 g/mol. The molecule has 0 radical (unpaired) electrons. The average molecular weight is 422 g/mol. The minimum absolute atomic E-state index is 0.168. The van der Waals surface area contributed by atoms with E-state index in [9.17, 15) is 5.11 Å². The molecule has 4 nitrogen and oxygen atoms in total. The summed E-state index contributed by atoms with van der Waals surface area (Å²) in [5.74, 6) is 0. The maximum Gasteiger partial charge on any atom is 0.126 e. The van der Waals surface area contributed by atoms with Crippen LogP contribution in [0.25, 0.3) is 0 Å². The summed E-state index contributed by atoms with van der Waals surface area (Å²) in [6.45, 7) is 10.3. The molecule has 0 spiro atoms. The van der Waals surface area contributed by atoms with E-state index in [-0.39, 0.29) is 5.41 Å². The Hall–Kier alpha value is -2.40. The van der Waals surface area contributed by atoms with Crippen molar-refractivity contribution >= 4 is 0 Å². The van der Waals surface area contributed by atoms with E-state index in [0.29, 0.717) is 13.2 Å². The van der Waals surface area contributed by atoms with Crippen LogP contribution in [0.1, 0.15) is 43.2 Å². The van der Waals surface area contributed by atoms with E-state index < -0.39 is 6.10 Å². The minimum Gasteiger partial charge on any atom is -0.385 e. The third-order valence-corrected chi connectivity index (χ3v) is 5.71. The Bertz CT molecular complexity index is 910. The molecule has 0 aliphatic rings. The van der Waals surface area contributed by atoms with Gasteiger partial charge in [-0.15, -0.1) is 0 Å². The molecule has 1 unspecified atom stereocenters. The number of methoxy groups -OCH3 is 1. The fraction of sp³-hybridized carbons (Fsp3) is 0.407. The maximum absolute atomic E-state index is 10.4. The van der Waals surface area contributed by atoms with Crippen LogP contribution in [0.3, 0.4) is 0 Å². The lowest BCUT2D eigenvalue weighted by Crippen LogP contribution is -3.10. The number of benzene rings is 2. The summed E-state index contributed by atoms with van der Waals surface area (Å²) in [6, 6.07) is 23.8. The van der Waals surface area contributed by atoms with E-state index >= 15 is 0 Å². The predicted octanol–water partition coefficient (Wildman–Crippen LogP) is 3.43. The molecule has 0 aliphatic heterocycles. The van der Waals surface area contributed by atoms with Crippen LogP contribution in [0.15, 0.2) is 72.9 Å². The van der Waals surface area contributed by atoms with Crippen molar-refractivity contribution in [1.29, 1.82) is 0 Å². The molecule has 0 fully saturated rings. The summed E-state index contributed by atoms with van der Waals surface area (Å²) < 4.78 is 7.48. The van der Waals surface area contributed by atoms with Crippen molar-refractivity contribution < 1.29 is 14.7 Å². The minimum atomic E-state index is -0.475. The number of hydrogen-bond donors (Lipinski definition) is 2. The summed E-state index contributed by atoms with van der Waals surface area (Å²) >= 11 is 0. The molecular weight excluding hydrogens is 384 g/mol. The van der Waals surface area contributed by atoms with Crippen LogP contribution in [-0.4, -0.2) is 36.0 Å². The Balaban J connectivity index is 1.72. The molecule has 2 aromatic carbocycles. The zero-order chi connectivity index (χ0) is 22.3. The first kappa shape index (κ1) is 23.3. The van der Waals surface area contributed by atoms with Crippen molar-refractivity contribution in [3.05, 3.63) is 95.3 Å². The van der Waals surface area contributed by atoms with Gasteiger partial charge >= 0.3 is 0 Å². The number of aliphatic hydroxyl groups is 1. The second-order valence-corrected chi connectivity index (χ2v) is 9.48. The van der Waals surface area contributed by atoms with Crippen molar-refractivity contribution in [3.63, 3.8) is 0 Å². The molecule has 3 rings (SSSR count). The van der Waals surface area contributed by atoms with Crippen molar-refractivity contribution in [1.82, 2.24) is 4.57 Å². The van der Waals surface area contributed by atoms with E-state index in [1.165, 1.54) is 27.3 Å². The quantitative estimate of drug-likeness (QED) is 0.526. The van der Waals surface area contributed by atoms with Gasteiger partial charge in [0, 0.05) is 25.4 Å². The molecule has 1 heterocycles. The van der Waals surface area contributed by atoms with Gasteiger partial charge in [0.25, 0.3) is 0 Å². The van der Waals surface area contributed by atoms with Crippen LogP contribution in [0.2, 0.25) is 0 Å². The van der Waals surface area contributed by atoms with Crippen LogP contribution in [0.4, 0.5) is 0 Å². The zero-order valence-corrected chi connectivity index (χ0v) is 19.3. The molecule has 0 amide bonds. The largest absolute Gasteiger partial charge is 0.385 e. The highest BCUT2D eigenvalue weighted by molar-refractivity contribution is 5.28. The number of hydrogen-bond acceptors (Lipinski definition) is 2. The molecule has 2 N–H and O–H groups in total. The van der Waals surface area contributed by atoms with Crippen molar-refractivity contribution in [2.75, 3.05) is 20.3 Å². The molecule has 0 saturated heterocycles. The van der Waals surface area contributed by atoms with Gasteiger partial charge in [-0.05, 0) is 28.7 Å². The number of ether oxygens (including phenoxy) is 1. The molecule has 1 aromatic heterocycles. The van der Waals surface area contributed by atoms with Gasteiger partial charge in [0.15, 0.2) is 0 Å². The van der Waals surface area contributed by atoms with Crippen LogP contribution < -0.4 is 4.90 Å². The van der Waals surface area contributed by atoms with E-state index in [0.717, 1.165) is 19.6 Å². The first-order chi connectivity index (χ1) is 14.8. The maximum atomic E-state index is 10.4. The zero-order valence-electron chi connectivity index (χ0n) is 19.3. The van der Waals surface area contributed by atoms with Gasteiger partial charge in [0.2, 0.25) is 0 Å². The summed E-state index contributed by atoms with van der Waals surface area (Å²) in [5, 5.41) is 10.4. The lowest BCUT2D eigenvalue weighted by molar-refractivity contribution is -0.931. The molecule has 31 heavy (non-hydrogen) atoms. The Kier molecular flexibility index (Phi) is 8.08. The standard InChI is InChI=1S/C27H36N2O2/c1-27(2,3)24-14-12-23(13-15-24)18-29-16-8-11-25(29)19-28(20-26(30)21-31-4)17-22-9-6-5-7-10-22/h5-16,26,30H,17-21H2,1-4H3/p+1/t26-/m1/s1. The second kappa shape index (κ2) is 10.8. The Morgan fingerprint density at radius 2 is 1.61 bits per heavy atom. The molecular formula is C27H37N2O2+. The topological polar surface area (TPSA) is 38.8 Å². The van der Waals surface area contributed by atoms with Crippen LogP contribution in [-0.2, 0) is 29.8 Å². The molecule has 0 bridgehead atoms. The third kappa shape index (κ3) is 7.06. The highest BCUT2D eigenvalue weighted by Gasteiger charge is 2.18. The smallest absolute Gasteiger partial charge is 0.126 e. The first-order valence-electron chi connectivity index (χ1n) is 11.1. The number of aliphatic hydroxyl groups excluding tert-OH is 1. The van der Waals surface area contributed by atoms with E-state index in [2.05, 4.69) is 92.2 Å². The van der Waals surface area contributed by atoms with E-state index in [4.69, 9.17) is 4.74 Å². The number of rotatable bonds is 10. The van der Waals surface area contributed by atoms with Gasteiger partial charge in [-0.3, -0.25) is 0 Å². The normalized spacial score (nSPS) is 13.8. The molecule has 4 heteroatoms. The Morgan fingerprint density at radius 1 is 0.903 bits per heavy atom. The van der Waals surface area contributed by atoms with Gasteiger partial charge in [0.05, 0.1) is 12.3 Å². The summed E-state index contributed by atoms with van der Waals surface area (Å²) in [4.78, 5) is 1.32. The van der Waals surface area contributed by atoms with E-state index in [1.807, 2.05) is 6.07 Å². The third-order valence-electron chi connectivity index (χ3n) is 5.71. The number of quaternary nitrogens is 1. The van der Waals surface area contributed by atoms with Gasteiger partial charge in [-0.1, -0.05) is 75.4 Å². The fourth-order valence-corrected chi connectivity index (χ4v) is 4.00. The van der Waals surface area contributed by atoms with Crippen molar-refractivity contribution in [2.45, 2.75) is 51.9 Å². The van der Waals surface area contributed by atoms with Crippen LogP contribution in [0, 0.1) is 0 Å². The van der Waals surface area contributed by atoms with E-state index in [1.54, 1.807) is 7.11 Å². The fourth-order valence-electron chi connectivity index (χ4n) is 4.00. The molecule has 166 valence electrons. The second-order valence-electron chi connectivity index (χ2n) is 9.48. The first-order valence-corrected chi connectivity index (χ1v) is 11.1. The van der Waals surface area contributed by atoms with Gasteiger partial charge in [0.1, 0.15) is 25.7 Å². The SMILES string of the molecule is COC[C@H](O)C[NH+](Cc1ccccc1)Cc1cccn1Cc1ccc(C(C)(C)C)cc1. The van der Waals surface area contributed by atoms with Crippen LogP contribution >= 0.6 is 0 Å². The molecule has 3 aromatic rings. The summed E-state index contributed by atoms with van der Waals surface area (Å²) in [6.07, 6.45) is 1.68. The van der Waals surface area contributed by atoms with Gasteiger partial charge < -0.3 is 19.3 Å². The highest BCUT2D eigenvalue weighted by atomic mass is 16.5. The van der Waals surface area contributed by atoms with Crippen LogP contribution in [0.5, 0.6) is 0 Å². The number of nitrogens with one attached hydrogen (secondary N) is 1.